The Balaban J connectivity index is 1.90. The summed E-state index contributed by atoms with van der Waals surface area (Å²) in [7, 11) is 0. The number of rotatable bonds is 5. The van der Waals surface area contributed by atoms with Crippen LogP contribution >= 0.6 is 0 Å². The van der Waals surface area contributed by atoms with Gasteiger partial charge >= 0.3 is 11.8 Å². The zero-order valence-electron chi connectivity index (χ0n) is 13.6. The van der Waals surface area contributed by atoms with Crippen LogP contribution in [0.2, 0.25) is 0 Å². The van der Waals surface area contributed by atoms with Crippen molar-refractivity contribution < 1.29 is 14.3 Å². The number of ether oxygens (including phenoxy) is 1. The van der Waals surface area contributed by atoms with Gasteiger partial charge in [-0.2, -0.15) is 5.10 Å². The highest BCUT2D eigenvalue weighted by Gasteiger charge is 2.12. The van der Waals surface area contributed by atoms with Gasteiger partial charge in [0.2, 0.25) is 0 Å². The highest BCUT2D eigenvalue weighted by Crippen LogP contribution is 2.11. The number of aryl methyl sites for hydroxylation is 1. The molecule has 0 fully saturated rings. The van der Waals surface area contributed by atoms with Crippen LogP contribution in [0.15, 0.2) is 53.6 Å². The molecule has 0 heterocycles. The summed E-state index contributed by atoms with van der Waals surface area (Å²) in [5.41, 5.74) is 4.49. The van der Waals surface area contributed by atoms with E-state index in [1.807, 2.05) is 38.1 Å². The first kappa shape index (κ1) is 17.2. The fourth-order valence-electron chi connectivity index (χ4n) is 1.98. The van der Waals surface area contributed by atoms with E-state index >= 15 is 0 Å². The Bertz CT molecular complexity index is 757. The third kappa shape index (κ3) is 5.24. The normalized spacial score (nSPS) is 10.4. The molecule has 0 bridgehead atoms. The maximum Gasteiger partial charge on any atom is 0.329 e. The van der Waals surface area contributed by atoms with Crippen LogP contribution in [0.4, 0.5) is 5.69 Å². The minimum Gasteiger partial charge on any atom is -0.494 e. The third-order valence-electron chi connectivity index (χ3n) is 3.03. The van der Waals surface area contributed by atoms with Gasteiger partial charge < -0.3 is 10.1 Å². The summed E-state index contributed by atoms with van der Waals surface area (Å²) in [6.45, 7) is 4.36. The van der Waals surface area contributed by atoms with Crippen LogP contribution in [0.5, 0.6) is 5.75 Å². The van der Waals surface area contributed by atoms with Gasteiger partial charge in [0.15, 0.2) is 0 Å². The lowest BCUT2D eigenvalue weighted by Gasteiger charge is -2.05. The molecule has 0 radical (unpaired) electrons. The van der Waals surface area contributed by atoms with Gasteiger partial charge in [-0.05, 0) is 49.2 Å². The fraction of sp³-hybridized carbons (Fsp3) is 0.167. The van der Waals surface area contributed by atoms with Gasteiger partial charge in [-0.3, -0.25) is 9.59 Å². The fourth-order valence-corrected chi connectivity index (χ4v) is 1.98. The quantitative estimate of drug-likeness (QED) is 0.503. The van der Waals surface area contributed by atoms with Crippen molar-refractivity contribution in [1.29, 1.82) is 0 Å². The van der Waals surface area contributed by atoms with Crippen LogP contribution in [0, 0.1) is 6.92 Å². The molecule has 6 heteroatoms. The Morgan fingerprint density at radius 1 is 1.12 bits per heavy atom. The topological polar surface area (TPSA) is 79.8 Å². The average molecular weight is 325 g/mol. The second-order valence-electron chi connectivity index (χ2n) is 5.03. The van der Waals surface area contributed by atoms with E-state index in [0.29, 0.717) is 18.0 Å². The Morgan fingerprint density at radius 2 is 1.92 bits per heavy atom. The average Bonchev–Trinajstić information content (AvgIpc) is 2.55. The zero-order chi connectivity index (χ0) is 17.4. The summed E-state index contributed by atoms with van der Waals surface area (Å²) in [5.74, 6) is -0.903. The maximum atomic E-state index is 11.8. The van der Waals surface area contributed by atoms with Crippen molar-refractivity contribution in [3.63, 3.8) is 0 Å². The van der Waals surface area contributed by atoms with Crippen LogP contribution in [-0.4, -0.2) is 24.6 Å². The number of hydrogen-bond acceptors (Lipinski definition) is 4. The Morgan fingerprint density at radius 3 is 2.67 bits per heavy atom. The lowest BCUT2D eigenvalue weighted by Crippen LogP contribution is -2.32. The lowest BCUT2D eigenvalue weighted by atomic mass is 10.2. The molecule has 0 aliphatic rings. The van der Waals surface area contributed by atoms with E-state index in [-0.39, 0.29) is 0 Å². The minimum atomic E-state index is -0.839. The molecule has 0 saturated carbocycles. The van der Waals surface area contributed by atoms with E-state index in [9.17, 15) is 9.59 Å². The second kappa shape index (κ2) is 8.47. The molecule has 0 aliphatic carbocycles. The van der Waals surface area contributed by atoms with Crippen molar-refractivity contribution in [2.75, 3.05) is 11.9 Å². The van der Waals surface area contributed by atoms with Crippen LogP contribution < -0.4 is 15.5 Å². The molecule has 2 N–H and O–H groups in total. The van der Waals surface area contributed by atoms with Crippen molar-refractivity contribution >= 4 is 23.7 Å². The molecule has 2 amide bonds. The molecule has 0 saturated heterocycles. The molecule has 0 aliphatic heterocycles. The molecule has 0 unspecified atom stereocenters. The van der Waals surface area contributed by atoms with E-state index in [0.717, 1.165) is 11.1 Å². The number of carbonyl (C=O) groups is 2. The van der Waals surface area contributed by atoms with Crippen molar-refractivity contribution in [2.24, 2.45) is 5.10 Å². The van der Waals surface area contributed by atoms with Crippen molar-refractivity contribution in [1.82, 2.24) is 5.43 Å². The van der Waals surface area contributed by atoms with Gasteiger partial charge in [-0.1, -0.05) is 24.3 Å². The Labute approximate surface area is 140 Å². The molecular weight excluding hydrogens is 306 g/mol. The largest absolute Gasteiger partial charge is 0.494 e. The second-order valence-corrected chi connectivity index (χ2v) is 5.03. The smallest absolute Gasteiger partial charge is 0.329 e. The minimum absolute atomic E-state index is 0.559. The molecule has 0 spiro atoms. The number of hydrogen-bond donors (Lipinski definition) is 2. The predicted molar refractivity (Wildman–Crippen MR) is 93.2 cm³/mol. The SMILES string of the molecule is CCOc1cccc(/C=N\NC(=O)C(=O)Nc2cccc(C)c2)c1. The number of hydrazone groups is 1. The number of anilines is 1. The summed E-state index contributed by atoms with van der Waals surface area (Å²) in [6, 6.07) is 14.4. The van der Waals surface area contributed by atoms with Gasteiger partial charge in [-0.25, -0.2) is 5.43 Å². The van der Waals surface area contributed by atoms with E-state index in [4.69, 9.17) is 4.74 Å². The van der Waals surface area contributed by atoms with Crippen LogP contribution in [-0.2, 0) is 9.59 Å². The first-order valence-electron chi connectivity index (χ1n) is 7.52. The van der Waals surface area contributed by atoms with Crippen LogP contribution in [0.1, 0.15) is 18.1 Å². The highest BCUT2D eigenvalue weighted by atomic mass is 16.5. The van der Waals surface area contributed by atoms with Gasteiger partial charge in [0, 0.05) is 5.69 Å². The van der Waals surface area contributed by atoms with Gasteiger partial charge in [0.05, 0.1) is 12.8 Å². The van der Waals surface area contributed by atoms with Crippen molar-refractivity contribution in [2.45, 2.75) is 13.8 Å². The molecule has 6 nitrogen and oxygen atoms in total. The third-order valence-corrected chi connectivity index (χ3v) is 3.03. The summed E-state index contributed by atoms with van der Waals surface area (Å²) in [6.07, 6.45) is 1.44. The predicted octanol–water partition coefficient (Wildman–Crippen LogP) is 2.48. The number of carbonyl (C=O) groups excluding carboxylic acids is 2. The Hall–Kier alpha value is -3.15. The first-order chi connectivity index (χ1) is 11.6. The number of nitrogens with one attached hydrogen (secondary N) is 2. The monoisotopic (exact) mass is 325 g/mol. The maximum absolute atomic E-state index is 11.8. The summed E-state index contributed by atoms with van der Waals surface area (Å²) in [5, 5.41) is 6.29. The molecule has 2 aromatic carbocycles. The highest BCUT2D eigenvalue weighted by molar-refractivity contribution is 6.39. The van der Waals surface area contributed by atoms with Crippen molar-refractivity contribution in [3.05, 3.63) is 59.7 Å². The van der Waals surface area contributed by atoms with E-state index in [2.05, 4.69) is 15.8 Å². The van der Waals surface area contributed by atoms with Gasteiger partial charge in [-0.15, -0.1) is 0 Å². The van der Waals surface area contributed by atoms with Crippen LogP contribution in [0.25, 0.3) is 0 Å². The lowest BCUT2D eigenvalue weighted by molar-refractivity contribution is -0.136. The number of benzene rings is 2. The zero-order valence-corrected chi connectivity index (χ0v) is 13.6. The Kier molecular flexibility index (Phi) is 6.08. The molecule has 2 rings (SSSR count). The number of amides is 2. The van der Waals surface area contributed by atoms with Crippen LogP contribution in [0.3, 0.4) is 0 Å². The standard InChI is InChI=1S/C18H19N3O3/c1-3-24-16-9-5-7-14(11-16)12-19-21-18(23)17(22)20-15-8-4-6-13(2)10-15/h4-12H,3H2,1-2H3,(H,20,22)(H,21,23)/b19-12-. The molecule has 124 valence electrons. The molecule has 24 heavy (non-hydrogen) atoms. The van der Waals surface area contributed by atoms with Gasteiger partial charge in [0.1, 0.15) is 5.75 Å². The summed E-state index contributed by atoms with van der Waals surface area (Å²) >= 11 is 0. The van der Waals surface area contributed by atoms with E-state index in [1.165, 1.54) is 6.21 Å². The molecule has 2 aromatic rings. The first-order valence-corrected chi connectivity index (χ1v) is 7.52. The van der Waals surface area contributed by atoms with Crippen molar-refractivity contribution in [3.8, 4) is 5.75 Å². The van der Waals surface area contributed by atoms with Gasteiger partial charge in [0.25, 0.3) is 0 Å². The number of nitrogens with zero attached hydrogens (tertiary/aromatic N) is 1. The molecule has 0 atom stereocenters. The van der Waals surface area contributed by atoms with E-state index < -0.39 is 11.8 Å². The molecule has 0 aromatic heterocycles. The van der Waals surface area contributed by atoms with E-state index in [1.54, 1.807) is 24.3 Å². The molecular formula is C18H19N3O3. The summed E-state index contributed by atoms with van der Waals surface area (Å²) in [4.78, 5) is 23.5. The summed E-state index contributed by atoms with van der Waals surface area (Å²) < 4.78 is 5.38.